The monoisotopic (exact) mass is 427 g/mol. The second-order valence-corrected chi connectivity index (χ2v) is 9.99. The van der Waals surface area contributed by atoms with E-state index < -0.39 is 0 Å². The van der Waals surface area contributed by atoms with E-state index in [0.717, 1.165) is 25.9 Å². The topological polar surface area (TPSA) is 75.7 Å². The summed E-state index contributed by atoms with van der Waals surface area (Å²) in [6.45, 7) is 10.1. The molecule has 0 saturated heterocycles. The minimum absolute atomic E-state index is 0.0646. The number of nitriles is 2. The van der Waals surface area contributed by atoms with E-state index in [1.807, 2.05) is 12.4 Å². The van der Waals surface area contributed by atoms with Gasteiger partial charge in [-0.2, -0.15) is 10.5 Å². The van der Waals surface area contributed by atoms with E-state index in [9.17, 15) is 10.5 Å². The normalized spacial score (nSPS) is 22.1. The molecule has 1 aliphatic carbocycles. The molecule has 2 aliphatic rings. The Morgan fingerprint density at radius 3 is 2.50 bits per heavy atom. The van der Waals surface area contributed by atoms with Crippen LogP contribution in [0.1, 0.15) is 73.9 Å². The zero-order valence-corrected chi connectivity index (χ0v) is 19.5. The average Bonchev–Trinajstić information content (AvgIpc) is 3.20. The van der Waals surface area contributed by atoms with E-state index in [0.29, 0.717) is 11.8 Å². The van der Waals surface area contributed by atoms with E-state index >= 15 is 0 Å². The van der Waals surface area contributed by atoms with E-state index in [4.69, 9.17) is 0 Å². The molecule has 0 radical (unpaired) electrons. The van der Waals surface area contributed by atoms with Crippen molar-refractivity contribution in [1.82, 2.24) is 15.2 Å². The maximum absolute atomic E-state index is 9.72. The number of nitrogens with zero attached hydrogens (tertiary/aromatic N) is 4. The lowest BCUT2D eigenvalue weighted by Gasteiger charge is -2.35. The number of aromatic nitrogens is 1. The highest BCUT2D eigenvalue weighted by atomic mass is 15.2. The van der Waals surface area contributed by atoms with Crippen LogP contribution in [0, 0.1) is 34.5 Å². The summed E-state index contributed by atoms with van der Waals surface area (Å²) in [5.74, 6) is 0.928. The van der Waals surface area contributed by atoms with Gasteiger partial charge in [-0.15, -0.1) is 0 Å². The number of nitrogens with one attached hydrogen (secondary N) is 1. The standard InChI is InChI=1S/C27H33N5/c1-17(2)26(12-28)31-25-11-21(10-19-8-9-30-14-23(19)25)22-7-5-6-20-15-32(16-24(20)22)27(13-29)18(3)4/h5-9,14,17-18,21,25-27,31H,10-11,15-16H2,1-4H3. The van der Waals surface area contributed by atoms with Crippen LogP contribution in [0.4, 0.5) is 0 Å². The molecule has 5 nitrogen and oxygen atoms in total. The third-order valence-corrected chi connectivity index (χ3v) is 7.14. The van der Waals surface area contributed by atoms with Gasteiger partial charge in [0.05, 0.1) is 18.2 Å². The maximum atomic E-state index is 9.72. The fourth-order valence-corrected chi connectivity index (χ4v) is 5.39. The van der Waals surface area contributed by atoms with Gasteiger partial charge in [0.15, 0.2) is 0 Å². The molecule has 4 unspecified atom stereocenters. The van der Waals surface area contributed by atoms with Crippen LogP contribution in [0.15, 0.2) is 36.7 Å². The smallest absolute Gasteiger partial charge is 0.101 e. The molecule has 0 saturated carbocycles. The van der Waals surface area contributed by atoms with Crippen molar-refractivity contribution in [2.45, 2.75) is 77.7 Å². The molecule has 0 spiro atoms. The third kappa shape index (κ3) is 4.29. The van der Waals surface area contributed by atoms with Gasteiger partial charge in [-0.05, 0) is 64.5 Å². The minimum atomic E-state index is -0.189. The van der Waals surface area contributed by atoms with Crippen LogP contribution in [0.3, 0.4) is 0 Å². The lowest BCUT2D eigenvalue weighted by atomic mass is 9.76. The highest BCUT2D eigenvalue weighted by Crippen LogP contribution is 2.42. The summed E-state index contributed by atoms with van der Waals surface area (Å²) in [7, 11) is 0. The molecule has 2 heterocycles. The summed E-state index contributed by atoms with van der Waals surface area (Å²) < 4.78 is 0. The predicted octanol–water partition coefficient (Wildman–Crippen LogP) is 4.85. The molecule has 166 valence electrons. The van der Waals surface area contributed by atoms with Gasteiger partial charge in [-0.1, -0.05) is 45.9 Å². The average molecular weight is 428 g/mol. The summed E-state index contributed by atoms with van der Waals surface area (Å²) in [6, 6.07) is 13.6. The molecule has 1 aliphatic heterocycles. The Kier molecular flexibility index (Phi) is 6.60. The minimum Gasteiger partial charge on any atom is -0.295 e. The third-order valence-electron chi connectivity index (χ3n) is 7.14. The quantitative estimate of drug-likeness (QED) is 0.713. The van der Waals surface area contributed by atoms with Crippen LogP contribution in [0.2, 0.25) is 0 Å². The first kappa shape index (κ1) is 22.5. The summed E-state index contributed by atoms with van der Waals surface area (Å²) in [4.78, 5) is 6.70. The molecule has 0 bridgehead atoms. The number of pyridine rings is 1. The van der Waals surface area contributed by atoms with Crippen LogP contribution in [-0.4, -0.2) is 22.0 Å². The molecule has 0 fully saturated rings. The Hall–Kier alpha value is -2.73. The van der Waals surface area contributed by atoms with Gasteiger partial charge in [0.2, 0.25) is 0 Å². The zero-order valence-electron chi connectivity index (χ0n) is 19.5. The molecule has 1 aromatic heterocycles. The second-order valence-electron chi connectivity index (χ2n) is 9.99. The van der Waals surface area contributed by atoms with Crippen molar-refractivity contribution in [1.29, 1.82) is 10.5 Å². The number of fused-ring (bicyclic) bond motifs is 2. The molecule has 1 N–H and O–H groups in total. The van der Waals surface area contributed by atoms with Crippen molar-refractivity contribution in [3.63, 3.8) is 0 Å². The molecule has 4 atom stereocenters. The highest BCUT2D eigenvalue weighted by molar-refractivity contribution is 5.43. The van der Waals surface area contributed by atoms with E-state index in [-0.39, 0.29) is 24.0 Å². The zero-order chi connectivity index (χ0) is 22.8. The fraction of sp³-hybridized carbons (Fsp3) is 0.519. The number of hydrogen-bond acceptors (Lipinski definition) is 5. The Balaban J connectivity index is 1.64. The van der Waals surface area contributed by atoms with Crippen molar-refractivity contribution < 1.29 is 0 Å². The Morgan fingerprint density at radius 1 is 1.00 bits per heavy atom. The van der Waals surface area contributed by atoms with Gasteiger partial charge < -0.3 is 0 Å². The molecule has 32 heavy (non-hydrogen) atoms. The molecule has 4 rings (SSSR count). The Labute approximate surface area is 192 Å². The molecular weight excluding hydrogens is 394 g/mol. The second kappa shape index (κ2) is 9.41. The Morgan fingerprint density at radius 2 is 1.81 bits per heavy atom. The van der Waals surface area contributed by atoms with Crippen molar-refractivity contribution in [2.24, 2.45) is 11.8 Å². The fourth-order valence-electron chi connectivity index (χ4n) is 5.39. The van der Waals surface area contributed by atoms with Gasteiger partial charge in [0.1, 0.15) is 6.04 Å². The first-order valence-corrected chi connectivity index (χ1v) is 11.8. The largest absolute Gasteiger partial charge is 0.295 e. The molecule has 0 amide bonds. The van der Waals surface area contributed by atoms with Crippen molar-refractivity contribution in [2.75, 3.05) is 0 Å². The van der Waals surface area contributed by atoms with Crippen LogP contribution < -0.4 is 5.32 Å². The lowest BCUT2D eigenvalue weighted by Crippen LogP contribution is -2.38. The Bertz CT molecular complexity index is 1040. The summed E-state index contributed by atoms with van der Waals surface area (Å²) in [6.07, 6.45) is 5.78. The van der Waals surface area contributed by atoms with E-state index in [1.54, 1.807) is 0 Å². The van der Waals surface area contributed by atoms with Gasteiger partial charge in [0.25, 0.3) is 0 Å². The molecular formula is C27H33N5. The highest BCUT2D eigenvalue weighted by Gasteiger charge is 2.34. The number of benzene rings is 1. The summed E-state index contributed by atoms with van der Waals surface area (Å²) in [5.41, 5.74) is 6.69. The van der Waals surface area contributed by atoms with E-state index in [2.05, 4.69) is 79.3 Å². The first-order chi connectivity index (χ1) is 15.4. The maximum Gasteiger partial charge on any atom is 0.101 e. The van der Waals surface area contributed by atoms with E-state index in [1.165, 1.54) is 27.8 Å². The van der Waals surface area contributed by atoms with Gasteiger partial charge in [0, 0.05) is 31.5 Å². The van der Waals surface area contributed by atoms with Crippen LogP contribution >= 0.6 is 0 Å². The van der Waals surface area contributed by atoms with Crippen molar-refractivity contribution >= 4 is 0 Å². The van der Waals surface area contributed by atoms with Crippen molar-refractivity contribution in [3.8, 4) is 12.1 Å². The SMILES string of the molecule is CC(C)C(C#N)NC1CC(c2cccc3c2CN(C(C#N)C(C)C)C3)Cc2ccncc21. The first-order valence-electron chi connectivity index (χ1n) is 11.8. The molecule has 5 heteroatoms. The predicted molar refractivity (Wildman–Crippen MR) is 125 cm³/mol. The molecule has 2 aromatic rings. The van der Waals surface area contributed by atoms with Crippen LogP contribution in [-0.2, 0) is 19.5 Å². The van der Waals surface area contributed by atoms with Gasteiger partial charge in [-0.25, -0.2) is 0 Å². The summed E-state index contributed by atoms with van der Waals surface area (Å²) in [5, 5.41) is 23.0. The van der Waals surface area contributed by atoms with Crippen molar-refractivity contribution in [3.05, 3.63) is 64.5 Å². The van der Waals surface area contributed by atoms with Gasteiger partial charge >= 0.3 is 0 Å². The van der Waals surface area contributed by atoms with Gasteiger partial charge in [-0.3, -0.25) is 15.2 Å². The number of hydrogen-bond donors (Lipinski definition) is 1. The van der Waals surface area contributed by atoms with Crippen LogP contribution in [0.25, 0.3) is 0 Å². The summed E-state index contributed by atoms with van der Waals surface area (Å²) >= 11 is 0. The molecule has 1 aromatic carbocycles. The van der Waals surface area contributed by atoms with Crippen LogP contribution in [0.5, 0.6) is 0 Å². The number of rotatable bonds is 6. The lowest BCUT2D eigenvalue weighted by molar-refractivity contribution is 0.197.